The van der Waals surface area contributed by atoms with E-state index < -0.39 is 22.7 Å². The van der Waals surface area contributed by atoms with Crippen LogP contribution >= 0.6 is 0 Å². The standard InChI is InChI=1S/C37H37FN2O7/c1-35(2,3)47-34(43)40-21-37(44,22-40)28-19-27-29(20-31(28)45-4)39-16-13-30(27)46-26-11-7-24(8-12-26)18-33(42)36(14-15-36)32(41)17-23-5-9-25(38)10-6-23/h5-13,16,19-20,44H,14-15,17-18,21-22H2,1-4H3. The van der Waals surface area contributed by atoms with Crippen molar-refractivity contribution in [3.8, 4) is 17.2 Å². The number of carbonyl (C=O) groups excluding carboxylic acids is 3. The summed E-state index contributed by atoms with van der Waals surface area (Å²) in [6.07, 6.45) is 2.40. The molecular weight excluding hydrogens is 603 g/mol. The van der Waals surface area contributed by atoms with Gasteiger partial charge in [-0.15, -0.1) is 0 Å². The van der Waals surface area contributed by atoms with Crippen molar-refractivity contribution in [1.82, 2.24) is 9.88 Å². The van der Waals surface area contributed by atoms with Crippen LogP contribution in [0.1, 0.15) is 50.3 Å². The van der Waals surface area contributed by atoms with E-state index >= 15 is 0 Å². The average molecular weight is 641 g/mol. The number of pyridine rings is 1. The molecule has 1 aliphatic heterocycles. The summed E-state index contributed by atoms with van der Waals surface area (Å²) < 4.78 is 30.5. The summed E-state index contributed by atoms with van der Waals surface area (Å²) >= 11 is 0. The van der Waals surface area contributed by atoms with Crippen molar-refractivity contribution in [3.05, 3.63) is 95.4 Å². The number of aromatic nitrogens is 1. The molecule has 0 radical (unpaired) electrons. The molecule has 3 aromatic carbocycles. The smallest absolute Gasteiger partial charge is 0.410 e. The molecule has 47 heavy (non-hydrogen) atoms. The number of methoxy groups -OCH3 is 1. The lowest BCUT2D eigenvalue weighted by Crippen LogP contribution is -2.62. The molecule has 0 atom stereocenters. The molecule has 2 heterocycles. The number of halogens is 1. The van der Waals surface area contributed by atoms with E-state index in [-0.39, 0.29) is 43.3 Å². The highest BCUT2D eigenvalue weighted by molar-refractivity contribution is 6.11. The Balaban J connectivity index is 1.15. The highest BCUT2D eigenvalue weighted by Crippen LogP contribution is 2.49. The van der Waals surface area contributed by atoms with Gasteiger partial charge in [-0.3, -0.25) is 14.6 Å². The Morgan fingerprint density at radius 1 is 0.894 bits per heavy atom. The number of benzene rings is 3. The number of fused-ring (bicyclic) bond motifs is 1. The number of ketones is 2. The lowest BCUT2D eigenvalue weighted by atomic mass is 9.85. The number of rotatable bonds is 10. The molecule has 244 valence electrons. The molecule has 2 aliphatic rings. The summed E-state index contributed by atoms with van der Waals surface area (Å²) in [7, 11) is 1.51. The Kier molecular flexibility index (Phi) is 8.25. The largest absolute Gasteiger partial charge is 0.496 e. The fourth-order valence-corrected chi connectivity index (χ4v) is 5.93. The molecule has 9 nitrogen and oxygen atoms in total. The molecule has 1 N–H and O–H groups in total. The van der Waals surface area contributed by atoms with Gasteiger partial charge in [0.1, 0.15) is 34.3 Å². The number of aliphatic hydroxyl groups is 1. The van der Waals surface area contributed by atoms with Crippen LogP contribution in [0.4, 0.5) is 9.18 Å². The van der Waals surface area contributed by atoms with E-state index in [1.54, 1.807) is 81.6 Å². The minimum absolute atomic E-state index is 0.0412. The first-order chi connectivity index (χ1) is 22.3. The van der Waals surface area contributed by atoms with E-state index in [1.807, 2.05) is 0 Å². The summed E-state index contributed by atoms with van der Waals surface area (Å²) in [5.74, 6) is 0.856. The molecule has 1 saturated carbocycles. The maximum Gasteiger partial charge on any atom is 0.410 e. The predicted molar refractivity (Wildman–Crippen MR) is 172 cm³/mol. The second kappa shape index (κ2) is 12.1. The first kappa shape index (κ1) is 32.1. The third-order valence-corrected chi connectivity index (χ3v) is 8.69. The minimum Gasteiger partial charge on any atom is -0.496 e. The normalized spacial score (nSPS) is 16.3. The first-order valence-corrected chi connectivity index (χ1v) is 15.5. The van der Waals surface area contributed by atoms with Crippen molar-refractivity contribution in [3.63, 3.8) is 0 Å². The molecule has 4 aromatic rings. The summed E-state index contributed by atoms with van der Waals surface area (Å²) in [5, 5.41) is 12.1. The highest BCUT2D eigenvalue weighted by atomic mass is 19.1. The summed E-state index contributed by atoms with van der Waals surface area (Å²) in [5.41, 5.74) is -0.419. The Labute approximate surface area is 272 Å². The van der Waals surface area contributed by atoms with Crippen molar-refractivity contribution in [2.75, 3.05) is 20.2 Å². The van der Waals surface area contributed by atoms with Gasteiger partial charge < -0.3 is 24.2 Å². The second-order valence-electron chi connectivity index (χ2n) is 13.4. The number of hydrogen-bond donors (Lipinski definition) is 1. The zero-order valence-electron chi connectivity index (χ0n) is 26.8. The van der Waals surface area contributed by atoms with Crippen LogP contribution in [-0.2, 0) is 32.8 Å². The van der Waals surface area contributed by atoms with Crippen LogP contribution in [0.2, 0.25) is 0 Å². The fraction of sp³-hybridized carbons (Fsp3) is 0.351. The molecule has 6 rings (SSSR count). The number of nitrogens with zero attached hydrogens (tertiary/aromatic N) is 2. The van der Waals surface area contributed by atoms with Crippen LogP contribution in [0.5, 0.6) is 17.2 Å². The third kappa shape index (κ3) is 6.69. The minimum atomic E-state index is -1.35. The van der Waals surface area contributed by atoms with Crippen molar-refractivity contribution in [2.45, 2.75) is 57.7 Å². The molecule has 1 saturated heterocycles. The van der Waals surface area contributed by atoms with Crippen LogP contribution in [0.3, 0.4) is 0 Å². The molecular formula is C37H37FN2O7. The van der Waals surface area contributed by atoms with E-state index in [9.17, 15) is 23.9 Å². The van der Waals surface area contributed by atoms with Gasteiger partial charge in [0, 0.05) is 36.1 Å². The average Bonchev–Trinajstić information content (AvgIpc) is 3.83. The molecule has 1 aromatic heterocycles. The second-order valence-corrected chi connectivity index (χ2v) is 13.4. The van der Waals surface area contributed by atoms with Crippen molar-refractivity contribution in [1.29, 1.82) is 0 Å². The molecule has 2 fully saturated rings. The number of carbonyl (C=O) groups is 3. The zero-order chi connectivity index (χ0) is 33.6. The van der Waals surface area contributed by atoms with E-state index in [4.69, 9.17) is 14.2 Å². The van der Waals surface area contributed by atoms with E-state index in [2.05, 4.69) is 4.98 Å². The van der Waals surface area contributed by atoms with E-state index in [1.165, 1.54) is 24.1 Å². The third-order valence-electron chi connectivity index (χ3n) is 8.69. The van der Waals surface area contributed by atoms with Crippen LogP contribution in [0, 0.1) is 11.2 Å². The summed E-state index contributed by atoms with van der Waals surface area (Å²) in [6, 6.07) is 18.1. The fourth-order valence-electron chi connectivity index (χ4n) is 5.93. The Morgan fingerprint density at radius 2 is 1.49 bits per heavy atom. The zero-order valence-corrected chi connectivity index (χ0v) is 26.8. The molecule has 0 spiro atoms. The maximum atomic E-state index is 13.3. The Morgan fingerprint density at radius 3 is 2.04 bits per heavy atom. The topological polar surface area (TPSA) is 115 Å². The van der Waals surface area contributed by atoms with Crippen molar-refractivity contribution in [2.24, 2.45) is 5.41 Å². The Hall–Kier alpha value is -4.83. The Bertz CT molecular complexity index is 1840. The first-order valence-electron chi connectivity index (χ1n) is 15.5. The van der Waals surface area contributed by atoms with Gasteiger partial charge in [-0.1, -0.05) is 24.3 Å². The molecule has 0 unspecified atom stereocenters. The number of ether oxygens (including phenoxy) is 3. The molecule has 1 aliphatic carbocycles. The van der Waals surface area contributed by atoms with Crippen molar-refractivity contribution >= 4 is 28.6 Å². The van der Waals surface area contributed by atoms with E-state index in [0.29, 0.717) is 52.1 Å². The van der Waals surface area contributed by atoms with Gasteiger partial charge in [0.2, 0.25) is 0 Å². The SMILES string of the molecule is COc1cc2nccc(Oc3ccc(CC(=O)C4(C(=O)Cc5ccc(F)cc5)CC4)cc3)c2cc1C1(O)CN(C(=O)OC(C)(C)C)C1. The lowest BCUT2D eigenvalue weighted by Gasteiger charge is -2.46. The lowest BCUT2D eigenvalue weighted by molar-refractivity contribution is -0.133. The van der Waals surface area contributed by atoms with Gasteiger partial charge >= 0.3 is 6.09 Å². The van der Waals surface area contributed by atoms with Crippen LogP contribution in [-0.4, -0.2) is 58.5 Å². The monoisotopic (exact) mass is 640 g/mol. The van der Waals surface area contributed by atoms with Gasteiger partial charge in [0.25, 0.3) is 0 Å². The quantitative estimate of drug-likeness (QED) is 0.201. The van der Waals surface area contributed by atoms with Gasteiger partial charge in [0.05, 0.1) is 31.1 Å². The number of β-amino-alcohol motifs (C(OH)–C–C–N with tert-alkyl or cyclic N) is 1. The maximum absolute atomic E-state index is 13.3. The number of amides is 1. The molecule has 10 heteroatoms. The number of hydrogen-bond acceptors (Lipinski definition) is 8. The van der Waals surface area contributed by atoms with Gasteiger partial charge in [0.15, 0.2) is 11.6 Å². The van der Waals surface area contributed by atoms with Crippen LogP contribution < -0.4 is 9.47 Å². The predicted octanol–water partition coefficient (Wildman–Crippen LogP) is 6.32. The van der Waals surface area contributed by atoms with Gasteiger partial charge in [-0.05, 0) is 81.1 Å². The summed E-state index contributed by atoms with van der Waals surface area (Å²) in [6.45, 7) is 5.45. The van der Waals surface area contributed by atoms with Crippen LogP contribution in [0.25, 0.3) is 10.9 Å². The highest BCUT2D eigenvalue weighted by Gasteiger charge is 2.54. The van der Waals surface area contributed by atoms with Crippen LogP contribution in [0.15, 0.2) is 72.9 Å². The number of likely N-dealkylation sites (tertiary alicyclic amines) is 1. The molecule has 0 bridgehead atoms. The summed E-state index contributed by atoms with van der Waals surface area (Å²) in [4.78, 5) is 44.7. The van der Waals surface area contributed by atoms with Crippen molar-refractivity contribution < 1.29 is 38.1 Å². The van der Waals surface area contributed by atoms with Gasteiger partial charge in [-0.2, -0.15) is 0 Å². The van der Waals surface area contributed by atoms with Gasteiger partial charge in [-0.25, -0.2) is 9.18 Å². The molecule has 1 amide bonds. The number of Topliss-reactive ketones (excluding diaryl/α,β-unsaturated/α-hetero) is 2. The van der Waals surface area contributed by atoms with E-state index in [0.717, 1.165) is 5.56 Å².